The summed E-state index contributed by atoms with van der Waals surface area (Å²) in [6.07, 6.45) is 2.82. The van der Waals surface area contributed by atoms with Gasteiger partial charge in [0.2, 0.25) is 0 Å². The molecule has 108 valence electrons. The van der Waals surface area contributed by atoms with Gasteiger partial charge in [0.15, 0.2) is 0 Å². The number of nitrogens with zero attached hydrogens (tertiary/aromatic N) is 2. The number of aromatic nitrogens is 1. The molecule has 1 heterocycles. The van der Waals surface area contributed by atoms with Crippen LogP contribution in [0.3, 0.4) is 0 Å². The molecule has 0 radical (unpaired) electrons. The van der Waals surface area contributed by atoms with Crippen LogP contribution in [-0.2, 0) is 9.53 Å². The minimum atomic E-state index is -0.490. The topological polar surface area (TPSA) is 59.5 Å². The van der Waals surface area contributed by atoms with Crippen molar-refractivity contribution in [1.82, 2.24) is 9.88 Å². The van der Waals surface area contributed by atoms with Crippen molar-refractivity contribution < 1.29 is 14.3 Å². The molecule has 0 spiro atoms. The Morgan fingerprint density at radius 2 is 2.20 bits per heavy atom. The fraction of sp³-hybridized carbons (Fsp3) is 0.308. The number of rotatable bonds is 6. The summed E-state index contributed by atoms with van der Waals surface area (Å²) in [7, 11) is 0. The summed E-state index contributed by atoms with van der Waals surface area (Å²) in [5, 5.41) is 0.288. The summed E-state index contributed by atoms with van der Waals surface area (Å²) >= 11 is 11.5. The van der Waals surface area contributed by atoms with Crippen LogP contribution >= 0.6 is 23.2 Å². The maximum Gasteiger partial charge on any atom is 0.325 e. The third-order valence-electron chi connectivity index (χ3n) is 2.31. The van der Waals surface area contributed by atoms with Crippen LogP contribution in [0.2, 0.25) is 10.2 Å². The van der Waals surface area contributed by atoms with Gasteiger partial charge in [-0.25, -0.2) is 4.98 Å². The first-order valence-corrected chi connectivity index (χ1v) is 6.62. The molecule has 0 saturated heterocycles. The van der Waals surface area contributed by atoms with Crippen LogP contribution in [0.15, 0.2) is 24.9 Å². The average molecular weight is 317 g/mol. The number of carbonyl (C=O) groups excluding carboxylic acids is 2. The molecule has 0 N–H and O–H groups in total. The Hall–Kier alpha value is -1.59. The number of esters is 1. The molecule has 0 saturated carbocycles. The van der Waals surface area contributed by atoms with Gasteiger partial charge in [0.1, 0.15) is 11.7 Å². The van der Waals surface area contributed by atoms with Gasteiger partial charge in [0, 0.05) is 12.7 Å². The predicted molar refractivity (Wildman–Crippen MR) is 77.0 cm³/mol. The summed E-state index contributed by atoms with van der Waals surface area (Å²) in [5.41, 5.74) is 0.241. The standard InChI is InChI=1S/C13H14Cl2N2O3/c1-3-5-17(8-11(18)20-4-2)13(19)9-6-10(14)12(15)16-7-9/h3,6-7H,1,4-5,8H2,2H3. The fourth-order valence-electron chi connectivity index (χ4n) is 1.46. The molecule has 0 aliphatic rings. The summed E-state index contributed by atoms with van der Waals surface area (Å²) in [5.74, 6) is -0.889. The van der Waals surface area contributed by atoms with Crippen LogP contribution in [0, 0.1) is 0 Å². The Kier molecular flexibility index (Phi) is 6.48. The molecule has 0 fully saturated rings. The van der Waals surface area contributed by atoms with Gasteiger partial charge in [-0.05, 0) is 13.0 Å². The van der Waals surface area contributed by atoms with Gasteiger partial charge >= 0.3 is 5.97 Å². The molecule has 1 aromatic heterocycles. The zero-order valence-corrected chi connectivity index (χ0v) is 12.4. The highest BCUT2D eigenvalue weighted by Crippen LogP contribution is 2.20. The largest absolute Gasteiger partial charge is 0.465 e. The molecule has 7 heteroatoms. The van der Waals surface area contributed by atoms with Crippen molar-refractivity contribution in [3.05, 3.63) is 40.7 Å². The number of pyridine rings is 1. The van der Waals surface area contributed by atoms with Gasteiger partial charge in [0.25, 0.3) is 5.91 Å². The second-order valence-electron chi connectivity index (χ2n) is 3.78. The Morgan fingerprint density at radius 1 is 1.50 bits per heavy atom. The smallest absolute Gasteiger partial charge is 0.325 e. The molecule has 0 bridgehead atoms. The first-order valence-electron chi connectivity index (χ1n) is 5.86. The molecule has 20 heavy (non-hydrogen) atoms. The lowest BCUT2D eigenvalue weighted by atomic mass is 10.2. The predicted octanol–water partition coefficient (Wildman–Crippen LogP) is 2.58. The number of carbonyl (C=O) groups is 2. The zero-order valence-electron chi connectivity index (χ0n) is 10.9. The molecule has 0 aliphatic carbocycles. The van der Waals surface area contributed by atoms with Crippen molar-refractivity contribution in [3.63, 3.8) is 0 Å². The highest BCUT2D eigenvalue weighted by molar-refractivity contribution is 6.41. The summed E-state index contributed by atoms with van der Waals surface area (Å²) in [6, 6.07) is 1.40. The molecule has 0 unspecified atom stereocenters. The van der Waals surface area contributed by atoms with E-state index in [-0.39, 0.29) is 35.4 Å². The number of hydrogen-bond acceptors (Lipinski definition) is 4. The van der Waals surface area contributed by atoms with Crippen LogP contribution in [0.1, 0.15) is 17.3 Å². The zero-order chi connectivity index (χ0) is 15.1. The maximum atomic E-state index is 12.3. The van der Waals surface area contributed by atoms with Crippen LogP contribution in [-0.4, -0.2) is 41.5 Å². The molecule has 1 aromatic rings. The van der Waals surface area contributed by atoms with Crippen molar-refractivity contribution in [1.29, 1.82) is 0 Å². The fourth-order valence-corrected chi connectivity index (χ4v) is 1.73. The molecule has 0 aromatic carbocycles. The van der Waals surface area contributed by atoms with E-state index < -0.39 is 11.9 Å². The van der Waals surface area contributed by atoms with E-state index in [1.807, 2.05) is 0 Å². The second-order valence-corrected chi connectivity index (χ2v) is 4.54. The van der Waals surface area contributed by atoms with Crippen molar-refractivity contribution in [3.8, 4) is 0 Å². The first-order chi connectivity index (χ1) is 9.49. The van der Waals surface area contributed by atoms with Gasteiger partial charge < -0.3 is 9.64 Å². The molecule has 0 atom stereocenters. The summed E-state index contributed by atoms with van der Waals surface area (Å²) in [6.45, 7) is 5.54. The quantitative estimate of drug-likeness (QED) is 0.460. The Morgan fingerprint density at radius 3 is 2.75 bits per heavy atom. The lowest BCUT2D eigenvalue weighted by Gasteiger charge is -2.20. The van der Waals surface area contributed by atoms with Gasteiger partial charge in [0.05, 0.1) is 17.2 Å². The van der Waals surface area contributed by atoms with E-state index in [2.05, 4.69) is 11.6 Å². The number of amides is 1. The van der Waals surface area contributed by atoms with Crippen LogP contribution in [0.4, 0.5) is 0 Å². The first kappa shape index (κ1) is 16.5. The van der Waals surface area contributed by atoms with Crippen LogP contribution < -0.4 is 0 Å². The van der Waals surface area contributed by atoms with E-state index in [4.69, 9.17) is 27.9 Å². The third-order valence-corrected chi connectivity index (χ3v) is 2.99. The summed E-state index contributed by atoms with van der Waals surface area (Å²) in [4.78, 5) is 28.8. The minimum absolute atomic E-state index is 0.115. The number of halogens is 2. The van der Waals surface area contributed by atoms with Crippen molar-refractivity contribution in [2.45, 2.75) is 6.92 Å². The molecule has 1 rings (SSSR count). The van der Waals surface area contributed by atoms with E-state index in [9.17, 15) is 9.59 Å². The lowest BCUT2D eigenvalue weighted by Crippen LogP contribution is -2.36. The van der Waals surface area contributed by atoms with Crippen LogP contribution in [0.5, 0.6) is 0 Å². The Balaban J connectivity index is 2.89. The van der Waals surface area contributed by atoms with E-state index in [0.29, 0.717) is 0 Å². The maximum absolute atomic E-state index is 12.3. The van der Waals surface area contributed by atoms with Gasteiger partial charge in [-0.15, -0.1) is 6.58 Å². The van der Waals surface area contributed by atoms with Gasteiger partial charge in [-0.3, -0.25) is 9.59 Å². The van der Waals surface area contributed by atoms with Crippen molar-refractivity contribution >= 4 is 35.1 Å². The molecular formula is C13H14Cl2N2O3. The SMILES string of the molecule is C=CCN(CC(=O)OCC)C(=O)c1cnc(Cl)c(Cl)c1. The highest BCUT2D eigenvalue weighted by Gasteiger charge is 2.19. The monoisotopic (exact) mass is 316 g/mol. The van der Waals surface area contributed by atoms with Crippen molar-refractivity contribution in [2.75, 3.05) is 19.7 Å². The minimum Gasteiger partial charge on any atom is -0.465 e. The van der Waals surface area contributed by atoms with E-state index >= 15 is 0 Å². The summed E-state index contributed by atoms with van der Waals surface area (Å²) < 4.78 is 4.82. The highest BCUT2D eigenvalue weighted by atomic mass is 35.5. The Bertz CT molecular complexity index is 520. The Labute approximate surface area is 127 Å². The van der Waals surface area contributed by atoms with Crippen molar-refractivity contribution in [2.24, 2.45) is 0 Å². The lowest BCUT2D eigenvalue weighted by molar-refractivity contribution is -0.143. The third kappa shape index (κ3) is 4.51. The average Bonchev–Trinajstić information content (AvgIpc) is 2.41. The molecular weight excluding hydrogens is 303 g/mol. The van der Waals surface area contributed by atoms with E-state index in [1.54, 1.807) is 6.92 Å². The molecule has 0 aliphatic heterocycles. The number of hydrogen-bond donors (Lipinski definition) is 0. The second kappa shape index (κ2) is 7.87. The van der Waals surface area contributed by atoms with E-state index in [1.165, 1.54) is 23.2 Å². The van der Waals surface area contributed by atoms with Gasteiger partial charge in [-0.2, -0.15) is 0 Å². The van der Waals surface area contributed by atoms with Gasteiger partial charge in [-0.1, -0.05) is 29.3 Å². The molecule has 5 nitrogen and oxygen atoms in total. The van der Waals surface area contributed by atoms with E-state index in [0.717, 1.165) is 0 Å². The number of ether oxygens (including phenoxy) is 1. The normalized spacial score (nSPS) is 9.95. The van der Waals surface area contributed by atoms with Crippen LogP contribution in [0.25, 0.3) is 0 Å². The molecule has 1 amide bonds.